The van der Waals surface area contributed by atoms with Crippen LogP contribution in [0.2, 0.25) is 0 Å². The normalized spacial score (nSPS) is 17.1. The molecule has 0 bridgehead atoms. The maximum atomic E-state index is 11.3. The first kappa shape index (κ1) is 10.7. The van der Waals surface area contributed by atoms with Crippen molar-refractivity contribution in [1.82, 2.24) is 9.44 Å². The first-order valence-electron chi connectivity index (χ1n) is 4.51. The zero-order chi connectivity index (χ0) is 11.5. The fourth-order valence-corrected chi connectivity index (χ4v) is 1.79. The summed E-state index contributed by atoms with van der Waals surface area (Å²) >= 11 is 1.12. The number of phenols is 1. The quantitative estimate of drug-likeness (QED) is 0.530. The van der Waals surface area contributed by atoms with E-state index in [0.717, 1.165) is 17.7 Å². The van der Waals surface area contributed by atoms with Gasteiger partial charge in [0.1, 0.15) is 5.70 Å². The van der Waals surface area contributed by atoms with Crippen molar-refractivity contribution in [2.75, 3.05) is 7.11 Å². The average molecular weight is 238 g/mol. The molecule has 16 heavy (non-hydrogen) atoms. The number of carbonyl (C=O) groups is 1. The molecule has 0 aliphatic carbocycles. The Labute approximate surface area is 96.8 Å². The minimum absolute atomic E-state index is 0.0721. The third kappa shape index (κ3) is 2.06. The summed E-state index contributed by atoms with van der Waals surface area (Å²) in [4.78, 5) is 11.3. The van der Waals surface area contributed by atoms with Gasteiger partial charge in [0.15, 0.2) is 11.5 Å². The molecule has 6 heteroatoms. The Morgan fingerprint density at radius 1 is 1.44 bits per heavy atom. The summed E-state index contributed by atoms with van der Waals surface area (Å²) in [6.45, 7) is 0. The van der Waals surface area contributed by atoms with Crippen molar-refractivity contribution in [2.24, 2.45) is 0 Å². The third-order valence-corrected chi connectivity index (χ3v) is 2.67. The highest BCUT2D eigenvalue weighted by Gasteiger charge is 2.16. The minimum Gasteiger partial charge on any atom is -0.504 e. The second-order valence-electron chi connectivity index (χ2n) is 3.12. The number of phenolic OH excluding ortho intramolecular Hbond substituents is 1. The standard InChI is InChI=1S/C10H10N2O3S/c1-15-9-5-6(2-3-8(9)13)4-7-10(14)12-16-11-7/h2-5,11,13H,1H3,(H,12,14)/b7-4-. The summed E-state index contributed by atoms with van der Waals surface area (Å²) < 4.78 is 10.3. The molecule has 0 radical (unpaired) electrons. The highest BCUT2D eigenvalue weighted by atomic mass is 32.2. The molecule has 3 N–H and O–H groups in total. The number of hydrogen-bond acceptors (Lipinski definition) is 5. The van der Waals surface area contributed by atoms with Gasteiger partial charge in [0.2, 0.25) is 0 Å². The van der Waals surface area contributed by atoms with E-state index in [0.29, 0.717) is 11.4 Å². The summed E-state index contributed by atoms with van der Waals surface area (Å²) in [5.74, 6) is 0.278. The van der Waals surface area contributed by atoms with Crippen LogP contribution in [0.4, 0.5) is 0 Å². The molecule has 1 saturated heterocycles. The largest absolute Gasteiger partial charge is 0.504 e. The van der Waals surface area contributed by atoms with Crippen LogP contribution in [0.25, 0.3) is 6.08 Å². The van der Waals surface area contributed by atoms with Crippen molar-refractivity contribution in [1.29, 1.82) is 0 Å². The zero-order valence-electron chi connectivity index (χ0n) is 8.48. The Bertz CT molecular complexity index is 459. The molecular weight excluding hydrogens is 228 g/mol. The topological polar surface area (TPSA) is 70.6 Å². The molecule has 0 saturated carbocycles. The van der Waals surface area contributed by atoms with Gasteiger partial charge < -0.3 is 14.6 Å². The number of benzene rings is 1. The van der Waals surface area contributed by atoms with E-state index in [-0.39, 0.29) is 11.7 Å². The Hall–Kier alpha value is -1.82. The van der Waals surface area contributed by atoms with Crippen LogP contribution in [0.5, 0.6) is 11.5 Å². The van der Waals surface area contributed by atoms with Crippen molar-refractivity contribution in [3.63, 3.8) is 0 Å². The van der Waals surface area contributed by atoms with Crippen LogP contribution in [0.3, 0.4) is 0 Å². The molecule has 1 heterocycles. The van der Waals surface area contributed by atoms with Crippen molar-refractivity contribution in [3.8, 4) is 11.5 Å². The van der Waals surface area contributed by atoms with Gasteiger partial charge in [-0.15, -0.1) is 0 Å². The molecule has 1 fully saturated rings. The smallest absolute Gasteiger partial charge is 0.279 e. The second kappa shape index (κ2) is 4.36. The maximum Gasteiger partial charge on any atom is 0.279 e. The Kier molecular flexibility index (Phi) is 2.91. The van der Waals surface area contributed by atoms with Gasteiger partial charge in [0.05, 0.1) is 19.2 Å². The number of rotatable bonds is 2. The lowest BCUT2D eigenvalue weighted by atomic mass is 10.1. The molecule has 1 aromatic rings. The van der Waals surface area contributed by atoms with Crippen LogP contribution in [0, 0.1) is 0 Å². The number of methoxy groups -OCH3 is 1. The average Bonchev–Trinajstić information content (AvgIpc) is 2.67. The molecule has 84 valence electrons. The van der Waals surface area contributed by atoms with Crippen LogP contribution < -0.4 is 14.2 Å². The molecule has 2 rings (SSSR count). The number of ether oxygens (including phenoxy) is 1. The van der Waals surface area contributed by atoms with Gasteiger partial charge >= 0.3 is 0 Å². The van der Waals surface area contributed by atoms with Gasteiger partial charge in [-0.05, 0) is 23.8 Å². The Morgan fingerprint density at radius 3 is 2.88 bits per heavy atom. The van der Waals surface area contributed by atoms with Gasteiger partial charge in [0, 0.05) is 0 Å². The summed E-state index contributed by atoms with van der Waals surface area (Å²) in [5.41, 5.74) is 1.24. The van der Waals surface area contributed by atoms with Gasteiger partial charge in [-0.1, -0.05) is 6.07 Å². The van der Waals surface area contributed by atoms with E-state index >= 15 is 0 Å². The zero-order valence-corrected chi connectivity index (χ0v) is 9.30. The molecule has 1 aliphatic rings. The van der Waals surface area contributed by atoms with E-state index in [2.05, 4.69) is 9.44 Å². The predicted molar refractivity (Wildman–Crippen MR) is 61.5 cm³/mol. The molecule has 1 aliphatic heterocycles. The van der Waals surface area contributed by atoms with Crippen molar-refractivity contribution < 1.29 is 14.6 Å². The van der Waals surface area contributed by atoms with E-state index in [1.54, 1.807) is 18.2 Å². The fraction of sp³-hybridized carbons (Fsp3) is 0.100. The van der Waals surface area contributed by atoms with E-state index in [9.17, 15) is 9.90 Å². The summed E-state index contributed by atoms with van der Waals surface area (Å²) in [6.07, 6.45) is 1.68. The second-order valence-corrected chi connectivity index (χ2v) is 3.74. The molecule has 0 spiro atoms. The fourth-order valence-electron chi connectivity index (χ4n) is 1.27. The van der Waals surface area contributed by atoms with E-state index in [4.69, 9.17) is 4.74 Å². The highest BCUT2D eigenvalue weighted by Crippen LogP contribution is 2.27. The van der Waals surface area contributed by atoms with Gasteiger partial charge in [-0.3, -0.25) is 9.52 Å². The number of carbonyl (C=O) groups excluding carboxylic acids is 1. The first-order valence-corrected chi connectivity index (χ1v) is 5.33. The monoisotopic (exact) mass is 238 g/mol. The van der Waals surface area contributed by atoms with Crippen LogP contribution in [0.1, 0.15) is 5.56 Å². The summed E-state index contributed by atoms with van der Waals surface area (Å²) in [5, 5.41) is 9.40. The number of hydrogen-bond donors (Lipinski definition) is 3. The summed E-state index contributed by atoms with van der Waals surface area (Å²) in [6, 6.07) is 4.87. The van der Waals surface area contributed by atoms with Gasteiger partial charge in [-0.2, -0.15) is 0 Å². The number of amides is 1. The van der Waals surface area contributed by atoms with E-state index in [1.807, 2.05) is 0 Å². The summed E-state index contributed by atoms with van der Waals surface area (Å²) in [7, 11) is 1.47. The Morgan fingerprint density at radius 2 is 2.25 bits per heavy atom. The molecule has 5 nitrogen and oxygen atoms in total. The number of aromatic hydroxyl groups is 1. The maximum absolute atomic E-state index is 11.3. The van der Waals surface area contributed by atoms with Gasteiger partial charge in [-0.25, -0.2) is 0 Å². The van der Waals surface area contributed by atoms with Crippen LogP contribution in [-0.2, 0) is 4.79 Å². The number of nitrogens with one attached hydrogen (secondary N) is 2. The lowest BCUT2D eigenvalue weighted by Gasteiger charge is -2.04. The van der Waals surface area contributed by atoms with Crippen LogP contribution in [-0.4, -0.2) is 18.1 Å². The lowest BCUT2D eigenvalue weighted by Crippen LogP contribution is -2.09. The highest BCUT2D eigenvalue weighted by molar-refractivity contribution is 7.96. The molecule has 0 unspecified atom stereocenters. The van der Waals surface area contributed by atoms with Crippen LogP contribution in [0.15, 0.2) is 23.9 Å². The SMILES string of the molecule is COc1cc(/C=C2\NSNC2=O)ccc1O. The van der Waals surface area contributed by atoms with Crippen molar-refractivity contribution in [3.05, 3.63) is 29.5 Å². The van der Waals surface area contributed by atoms with Crippen molar-refractivity contribution in [2.45, 2.75) is 0 Å². The van der Waals surface area contributed by atoms with E-state index < -0.39 is 0 Å². The minimum atomic E-state index is -0.169. The predicted octanol–water partition coefficient (Wildman–Crippen LogP) is 1.02. The van der Waals surface area contributed by atoms with Crippen LogP contribution >= 0.6 is 12.1 Å². The Balaban J connectivity index is 2.31. The molecule has 0 atom stereocenters. The molecular formula is C10H10N2O3S. The van der Waals surface area contributed by atoms with Crippen molar-refractivity contribution >= 4 is 24.1 Å². The molecule has 1 amide bonds. The first-order chi connectivity index (χ1) is 7.70. The third-order valence-electron chi connectivity index (χ3n) is 2.06. The van der Waals surface area contributed by atoms with Gasteiger partial charge in [0.25, 0.3) is 5.91 Å². The lowest BCUT2D eigenvalue weighted by molar-refractivity contribution is -0.115. The molecule has 0 aromatic heterocycles. The van der Waals surface area contributed by atoms with E-state index in [1.165, 1.54) is 13.2 Å². The molecule has 1 aromatic carbocycles.